The van der Waals surface area contributed by atoms with Crippen LogP contribution in [0.2, 0.25) is 0 Å². The molecule has 0 spiro atoms. The average molecular weight is 389 g/mol. The molecular weight excluding hydrogens is 366 g/mol. The quantitative estimate of drug-likeness (QED) is 0.670. The third kappa shape index (κ3) is 4.51. The van der Waals surface area contributed by atoms with Crippen molar-refractivity contribution in [2.45, 2.75) is 25.8 Å². The summed E-state index contributed by atoms with van der Waals surface area (Å²) < 4.78 is 0. The molecule has 1 fully saturated rings. The number of nitrogens with zero attached hydrogens (tertiary/aromatic N) is 3. The summed E-state index contributed by atoms with van der Waals surface area (Å²) in [5.74, 6) is -0.490. The summed E-state index contributed by atoms with van der Waals surface area (Å²) in [6, 6.07) is 12.9. The highest BCUT2D eigenvalue weighted by Crippen LogP contribution is 2.21. The van der Waals surface area contributed by atoms with Gasteiger partial charge in [0.05, 0.1) is 5.52 Å². The van der Waals surface area contributed by atoms with Crippen LogP contribution in [0.3, 0.4) is 0 Å². The van der Waals surface area contributed by atoms with Crippen LogP contribution in [0.25, 0.3) is 10.9 Å². The van der Waals surface area contributed by atoms with Crippen molar-refractivity contribution in [1.82, 2.24) is 15.3 Å². The van der Waals surface area contributed by atoms with E-state index in [2.05, 4.69) is 25.5 Å². The average Bonchev–Trinajstić information content (AvgIpc) is 2.78. The SMILES string of the molecule is O=C(NCc1cccnc1N1CCCCC1)C(=O)Nc1ccc2ncccc2c1. The van der Waals surface area contributed by atoms with Crippen molar-refractivity contribution in [1.29, 1.82) is 0 Å². The molecule has 2 amide bonds. The first-order valence-electron chi connectivity index (χ1n) is 9.83. The molecule has 3 heterocycles. The zero-order valence-corrected chi connectivity index (χ0v) is 16.1. The molecule has 0 saturated carbocycles. The molecule has 0 aliphatic carbocycles. The molecule has 7 heteroatoms. The van der Waals surface area contributed by atoms with Crippen LogP contribution >= 0.6 is 0 Å². The Hall–Kier alpha value is -3.48. The fourth-order valence-corrected chi connectivity index (χ4v) is 3.56. The molecule has 1 saturated heterocycles. The van der Waals surface area contributed by atoms with Gasteiger partial charge in [-0.1, -0.05) is 12.1 Å². The smallest absolute Gasteiger partial charge is 0.313 e. The van der Waals surface area contributed by atoms with Crippen LogP contribution < -0.4 is 15.5 Å². The number of anilines is 2. The van der Waals surface area contributed by atoms with Gasteiger partial charge in [0.2, 0.25) is 0 Å². The highest BCUT2D eigenvalue weighted by Gasteiger charge is 2.18. The standard InChI is InChI=1S/C22H23N5O2/c28-21(22(29)26-18-8-9-19-16(14-18)6-4-10-23-19)25-15-17-7-5-11-24-20(17)27-12-2-1-3-13-27/h4-11,14H,1-3,12-13,15H2,(H,25,28)(H,26,29). The molecule has 0 atom stereocenters. The number of hydrogen-bond donors (Lipinski definition) is 2. The molecule has 1 aromatic carbocycles. The largest absolute Gasteiger partial charge is 0.356 e. The van der Waals surface area contributed by atoms with Gasteiger partial charge in [-0.3, -0.25) is 14.6 Å². The van der Waals surface area contributed by atoms with Crippen LogP contribution in [0.4, 0.5) is 11.5 Å². The maximum atomic E-state index is 12.3. The third-order valence-electron chi connectivity index (χ3n) is 5.03. The Balaban J connectivity index is 1.38. The molecular formula is C22H23N5O2. The molecule has 0 bridgehead atoms. The summed E-state index contributed by atoms with van der Waals surface area (Å²) >= 11 is 0. The number of rotatable bonds is 4. The Morgan fingerprint density at radius 1 is 0.931 bits per heavy atom. The maximum Gasteiger partial charge on any atom is 0.313 e. The molecule has 1 aliphatic heterocycles. The lowest BCUT2D eigenvalue weighted by molar-refractivity contribution is -0.136. The van der Waals surface area contributed by atoms with Gasteiger partial charge in [0.15, 0.2) is 0 Å². The van der Waals surface area contributed by atoms with Crippen molar-refractivity contribution < 1.29 is 9.59 Å². The van der Waals surface area contributed by atoms with E-state index in [-0.39, 0.29) is 6.54 Å². The number of pyridine rings is 2. The Morgan fingerprint density at radius 2 is 1.72 bits per heavy atom. The Morgan fingerprint density at radius 3 is 2.59 bits per heavy atom. The van der Waals surface area contributed by atoms with Crippen molar-refractivity contribution in [3.8, 4) is 0 Å². The normalized spacial score (nSPS) is 13.9. The molecule has 1 aliphatic rings. The number of hydrogen-bond acceptors (Lipinski definition) is 5. The van der Waals surface area contributed by atoms with Crippen molar-refractivity contribution in [2.75, 3.05) is 23.3 Å². The molecule has 2 N–H and O–H groups in total. The maximum absolute atomic E-state index is 12.3. The van der Waals surface area contributed by atoms with E-state index in [0.717, 1.165) is 48.2 Å². The molecule has 148 valence electrons. The molecule has 0 unspecified atom stereocenters. The van der Waals surface area contributed by atoms with Crippen LogP contribution in [0.1, 0.15) is 24.8 Å². The fourth-order valence-electron chi connectivity index (χ4n) is 3.56. The molecule has 0 radical (unpaired) electrons. The second kappa shape index (κ2) is 8.68. The van der Waals surface area contributed by atoms with Gasteiger partial charge in [0.25, 0.3) is 0 Å². The molecule has 4 rings (SSSR count). The highest BCUT2D eigenvalue weighted by molar-refractivity contribution is 6.39. The second-order valence-corrected chi connectivity index (χ2v) is 7.08. The molecule has 2 aromatic heterocycles. The number of carbonyl (C=O) groups is 2. The lowest BCUT2D eigenvalue weighted by Gasteiger charge is -2.29. The van der Waals surface area contributed by atoms with E-state index in [0.29, 0.717) is 5.69 Å². The third-order valence-corrected chi connectivity index (χ3v) is 5.03. The van der Waals surface area contributed by atoms with Gasteiger partial charge in [-0.15, -0.1) is 0 Å². The van der Waals surface area contributed by atoms with Crippen molar-refractivity contribution in [3.63, 3.8) is 0 Å². The van der Waals surface area contributed by atoms with E-state index in [1.54, 1.807) is 24.5 Å². The number of amides is 2. The molecule has 3 aromatic rings. The first kappa shape index (κ1) is 18.9. The highest BCUT2D eigenvalue weighted by atomic mass is 16.2. The summed E-state index contributed by atoms with van der Waals surface area (Å²) in [5.41, 5.74) is 2.30. The summed E-state index contributed by atoms with van der Waals surface area (Å²) in [7, 11) is 0. The minimum absolute atomic E-state index is 0.258. The van der Waals surface area contributed by atoms with Gasteiger partial charge in [-0.05, 0) is 49.6 Å². The summed E-state index contributed by atoms with van der Waals surface area (Å²) in [4.78, 5) is 35.6. The number of piperidine rings is 1. The van der Waals surface area contributed by atoms with E-state index in [1.165, 1.54) is 6.42 Å². The van der Waals surface area contributed by atoms with Gasteiger partial charge in [0.1, 0.15) is 5.82 Å². The first-order valence-corrected chi connectivity index (χ1v) is 9.83. The lowest BCUT2D eigenvalue weighted by atomic mass is 10.1. The second-order valence-electron chi connectivity index (χ2n) is 7.08. The van der Waals surface area contributed by atoms with Gasteiger partial charge < -0.3 is 15.5 Å². The van der Waals surface area contributed by atoms with Crippen molar-refractivity contribution >= 4 is 34.2 Å². The number of aromatic nitrogens is 2. The molecule has 7 nitrogen and oxygen atoms in total. The van der Waals surface area contributed by atoms with Crippen LogP contribution in [0, 0.1) is 0 Å². The zero-order valence-electron chi connectivity index (χ0n) is 16.1. The number of carbonyl (C=O) groups excluding carboxylic acids is 2. The van der Waals surface area contributed by atoms with E-state index < -0.39 is 11.8 Å². The zero-order chi connectivity index (χ0) is 20.1. The van der Waals surface area contributed by atoms with Crippen molar-refractivity contribution in [3.05, 3.63) is 60.4 Å². The lowest BCUT2D eigenvalue weighted by Crippen LogP contribution is -2.36. The van der Waals surface area contributed by atoms with Gasteiger partial charge in [-0.25, -0.2) is 4.98 Å². The molecule has 29 heavy (non-hydrogen) atoms. The Kier molecular flexibility index (Phi) is 5.65. The van der Waals surface area contributed by atoms with Crippen molar-refractivity contribution in [2.24, 2.45) is 0 Å². The summed E-state index contributed by atoms with van der Waals surface area (Å²) in [6.45, 7) is 2.19. The number of nitrogens with one attached hydrogen (secondary N) is 2. The summed E-state index contributed by atoms with van der Waals surface area (Å²) in [5, 5.41) is 6.24. The van der Waals surface area contributed by atoms with Crippen LogP contribution in [0.5, 0.6) is 0 Å². The summed E-state index contributed by atoms with van der Waals surface area (Å²) in [6.07, 6.45) is 7.00. The van der Waals surface area contributed by atoms with E-state index in [4.69, 9.17) is 0 Å². The van der Waals surface area contributed by atoms with E-state index in [9.17, 15) is 9.59 Å². The minimum Gasteiger partial charge on any atom is -0.356 e. The number of benzene rings is 1. The Labute approximate surface area is 169 Å². The van der Waals surface area contributed by atoms with Crippen LogP contribution in [-0.4, -0.2) is 34.9 Å². The van der Waals surface area contributed by atoms with Crippen LogP contribution in [-0.2, 0) is 16.1 Å². The predicted molar refractivity (Wildman–Crippen MR) is 113 cm³/mol. The number of fused-ring (bicyclic) bond motifs is 1. The topological polar surface area (TPSA) is 87.2 Å². The van der Waals surface area contributed by atoms with Gasteiger partial charge in [-0.2, -0.15) is 0 Å². The predicted octanol–water partition coefficient (Wildman–Crippen LogP) is 2.88. The van der Waals surface area contributed by atoms with Gasteiger partial charge in [0, 0.05) is 48.7 Å². The Bertz CT molecular complexity index is 1030. The minimum atomic E-state index is -0.698. The fraction of sp³-hybridized carbons (Fsp3) is 0.273. The van der Waals surface area contributed by atoms with E-state index >= 15 is 0 Å². The monoisotopic (exact) mass is 389 g/mol. The van der Waals surface area contributed by atoms with Gasteiger partial charge >= 0.3 is 11.8 Å². The first-order chi connectivity index (χ1) is 14.2. The van der Waals surface area contributed by atoms with E-state index in [1.807, 2.05) is 30.3 Å². The van der Waals surface area contributed by atoms with Crippen LogP contribution in [0.15, 0.2) is 54.9 Å².